The molecule has 1 N–H and O–H groups in total. The molecule has 1 aliphatic heterocycles. The maximum atomic E-state index is 12.5. The van der Waals surface area contributed by atoms with Crippen molar-refractivity contribution in [2.24, 2.45) is 0 Å². The van der Waals surface area contributed by atoms with Gasteiger partial charge in [0.15, 0.2) is 0 Å². The van der Waals surface area contributed by atoms with E-state index in [-0.39, 0.29) is 11.9 Å². The number of carbonyl (C=O) groups excluding carboxylic acids is 1. The average molecular weight is 314 g/mol. The Bertz CT molecular complexity index is 651. The summed E-state index contributed by atoms with van der Waals surface area (Å²) in [5.41, 5.74) is 3.87. The van der Waals surface area contributed by atoms with Crippen molar-refractivity contribution in [3.05, 3.63) is 51.7 Å². The van der Waals surface area contributed by atoms with E-state index < -0.39 is 0 Å². The summed E-state index contributed by atoms with van der Waals surface area (Å²) < 4.78 is 0. The summed E-state index contributed by atoms with van der Waals surface area (Å²) in [4.78, 5) is 15.9. The molecule has 2 aromatic rings. The van der Waals surface area contributed by atoms with E-state index >= 15 is 0 Å². The Morgan fingerprint density at radius 1 is 1.41 bits per heavy atom. The number of rotatable bonds is 4. The molecule has 1 atom stereocenters. The Morgan fingerprint density at radius 2 is 2.27 bits per heavy atom. The number of anilines is 1. The number of fused-ring (bicyclic) bond motifs is 1. The van der Waals surface area contributed by atoms with Crippen LogP contribution in [-0.4, -0.2) is 18.5 Å². The van der Waals surface area contributed by atoms with Crippen LogP contribution in [0.2, 0.25) is 0 Å². The van der Waals surface area contributed by atoms with Crippen LogP contribution in [0.3, 0.4) is 0 Å². The van der Waals surface area contributed by atoms with Crippen LogP contribution in [0.1, 0.15) is 29.3 Å². The first-order valence-electron chi connectivity index (χ1n) is 7.81. The molecule has 0 unspecified atom stereocenters. The zero-order valence-corrected chi connectivity index (χ0v) is 14.0. The van der Waals surface area contributed by atoms with E-state index in [0.29, 0.717) is 6.54 Å². The second kappa shape index (κ2) is 6.53. The Balaban J connectivity index is 1.70. The molecule has 22 heavy (non-hydrogen) atoms. The van der Waals surface area contributed by atoms with Crippen molar-refractivity contribution in [2.45, 2.75) is 39.3 Å². The number of nitrogens with one attached hydrogen (secondary N) is 1. The number of thiophene rings is 1. The third kappa shape index (κ3) is 3.17. The third-order valence-corrected chi connectivity index (χ3v) is 5.13. The highest BCUT2D eigenvalue weighted by Crippen LogP contribution is 2.29. The highest BCUT2D eigenvalue weighted by molar-refractivity contribution is 7.09. The van der Waals surface area contributed by atoms with Gasteiger partial charge in [0.1, 0.15) is 6.04 Å². The van der Waals surface area contributed by atoms with E-state index in [9.17, 15) is 4.79 Å². The van der Waals surface area contributed by atoms with Crippen LogP contribution in [0.5, 0.6) is 0 Å². The van der Waals surface area contributed by atoms with Crippen LogP contribution in [0.15, 0.2) is 35.7 Å². The number of carbonyl (C=O) groups is 1. The van der Waals surface area contributed by atoms with Gasteiger partial charge in [-0.2, -0.15) is 0 Å². The number of nitrogens with zero attached hydrogens (tertiary/aromatic N) is 1. The molecule has 2 heterocycles. The summed E-state index contributed by atoms with van der Waals surface area (Å²) in [5.74, 6) is 0.0989. The highest BCUT2D eigenvalue weighted by Gasteiger charge is 2.25. The van der Waals surface area contributed by atoms with Crippen LogP contribution < -0.4 is 10.2 Å². The summed E-state index contributed by atoms with van der Waals surface area (Å²) in [7, 11) is 0. The average Bonchev–Trinajstić information content (AvgIpc) is 3.04. The van der Waals surface area contributed by atoms with Gasteiger partial charge in [0.2, 0.25) is 5.91 Å². The monoisotopic (exact) mass is 314 g/mol. The van der Waals surface area contributed by atoms with E-state index in [0.717, 1.165) is 19.4 Å². The molecule has 1 aliphatic rings. The van der Waals surface area contributed by atoms with Crippen molar-refractivity contribution in [3.63, 3.8) is 0 Å². The number of amides is 1. The van der Waals surface area contributed by atoms with Crippen LogP contribution >= 0.6 is 11.3 Å². The predicted octanol–water partition coefficient (Wildman–Crippen LogP) is 3.51. The normalized spacial score (nSPS) is 15.3. The zero-order chi connectivity index (χ0) is 15.5. The minimum absolute atomic E-state index is 0.0989. The Hall–Kier alpha value is -1.81. The van der Waals surface area contributed by atoms with Gasteiger partial charge in [-0.15, -0.1) is 11.3 Å². The third-order valence-electron chi connectivity index (χ3n) is 4.25. The molecule has 4 heteroatoms. The lowest BCUT2D eigenvalue weighted by Gasteiger charge is -2.35. The lowest BCUT2D eigenvalue weighted by atomic mass is 9.98. The molecule has 1 aromatic carbocycles. The molecular formula is C18H22N2OS. The molecule has 1 amide bonds. The Labute approximate surface area is 136 Å². The fourth-order valence-corrected chi connectivity index (χ4v) is 3.68. The number of hydrogen-bond donors (Lipinski definition) is 1. The second-order valence-electron chi connectivity index (χ2n) is 5.90. The zero-order valence-electron chi connectivity index (χ0n) is 13.1. The summed E-state index contributed by atoms with van der Waals surface area (Å²) in [6, 6.07) is 10.5. The molecule has 0 saturated carbocycles. The van der Waals surface area contributed by atoms with Gasteiger partial charge in [0.05, 0.1) is 6.54 Å². The van der Waals surface area contributed by atoms with Gasteiger partial charge < -0.3 is 10.2 Å². The summed E-state index contributed by atoms with van der Waals surface area (Å²) in [6.45, 7) is 5.69. The van der Waals surface area contributed by atoms with E-state index in [2.05, 4.69) is 41.4 Å². The first-order chi connectivity index (χ1) is 10.6. The SMILES string of the molecule is Cc1ccc2c(c1)CCCN2[C@@H](C)C(=O)NCc1cccs1. The topological polar surface area (TPSA) is 32.3 Å². The molecule has 1 aromatic heterocycles. The Morgan fingerprint density at radius 3 is 3.05 bits per heavy atom. The van der Waals surface area contributed by atoms with Crippen molar-refractivity contribution in [1.82, 2.24) is 5.32 Å². The van der Waals surface area contributed by atoms with Gasteiger partial charge in [0.25, 0.3) is 0 Å². The molecule has 0 radical (unpaired) electrons. The molecule has 116 valence electrons. The van der Waals surface area contributed by atoms with Gasteiger partial charge in [-0.3, -0.25) is 4.79 Å². The molecule has 0 aliphatic carbocycles. The lowest BCUT2D eigenvalue weighted by molar-refractivity contribution is -0.122. The maximum absolute atomic E-state index is 12.5. The Kier molecular flexibility index (Phi) is 4.48. The van der Waals surface area contributed by atoms with Gasteiger partial charge in [-0.25, -0.2) is 0 Å². The van der Waals surface area contributed by atoms with Gasteiger partial charge in [-0.05, 0) is 49.8 Å². The number of aryl methyl sites for hydroxylation is 2. The van der Waals surface area contributed by atoms with Crippen LogP contribution in [0.4, 0.5) is 5.69 Å². The van der Waals surface area contributed by atoms with E-state index in [1.807, 2.05) is 18.4 Å². The molecular weight excluding hydrogens is 292 g/mol. The van der Waals surface area contributed by atoms with Crippen LogP contribution in [0.25, 0.3) is 0 Å². The predicted molar refractivity (Wildman–Crippen MR) is 92.5 cm³/mol. The molecule has 0 spiro atoms. The molecule has 3 rings (SSSR count). The fourth-order valence-electron chi connectivity index (χ4n) is 3.03. The second-order valence-corrected chi connectivity index (χ2v) is 6.93. The first-order valence-corrected chi connectivity index (χ1v) is 8.69. The highest BCUT2D eigenvalue weighted by atomic mass is 32.1. The molecule has 0 fully saturated rings. The number of hydrogen-bond acceptors (Lipinski definition) is 3. The van der Waals surface area contributed by atoms with E-state index in [1.165, 1.54) is 21.7 Å². The standard InChI is InChI=1S/C18H22N2OS/c1-13-7-8-17-15(11-13)5-3-9-20(17)14(2)18(21)19-12-16-6-4-10-22-16/h4,6-8,10-11,14H,3,5,9,12H2,1-2H3,(H,19,21)/t14-/m0/s1. The summed E-state index contributed by atoms with van der Waals surface area (Å²) in [6.07, 6.45) is 2.22. The van der Waals surface area contributed by atoms with Crippen molar-refractivity contribution in [1.29, 1.82) is 0 Å². The molecule has 0 saturated heterocycles. The largest absolute Gasteiger partial charge is 0.360 e. The van der Waals surface area contributed by atoms with Crippen molar-refractivity contribution >= 4 is 22.9 Å². The van der Waals surface area contributed by atoms with E-state index in [1.54, 1.807) is 11.3 Å². The smallest absolute Gasteiger partial charge is 0.242 e. The first kappa shape index (κ1) is 15.1. The molecule has 0 bridgehead atoms. The van der Waals surface area contributed by atoms with Crippen LogP contribution in [0, 0.1) is 6.92 Å². The fraction of sp³-hybridized carbons (Fsp3) is 0.389. The van der Waals surface area contributed by atoms with Gasteiger partial charge in [-0.1, -0.05) is 23.8 Å². The minimum Gasteiger partial charge on any atom is -0.360 e. The van der Waals surface area contributed by atoms with Gasteiger partial charge in [0, 0.05) is 17.1 Å². The van der Waals surface area contributed by atoms with Crippen molar-refractivity contribution in [2.75, 3.05) is 11.4 Å². The number of benzene rings is 1. The van der Waals surface area contributed by atoms with Crippen molar-refractivity contribution < 1.29 is 4.79 Å². The molecule has 3 nitrogen and oxygen atoms in total. The van der Waals surface area contributed by atoms with Crippen LogP contribution in [-0.2, 0) is 17.8 Å². The lowest BCUT2D eigenvalue weighted by Crippen LogP contribution is -2.47. The maximum Gasteiger partial charge on any atom is 0.242 e. The summed E-state index contributed by atoms with van der Waals surface area (Å²) in [5, 5.41) is 5.09. The van der Waals surface area contributed by atoms with E-state index in [4.69, 9.17) is 0 Å². The summed E-state index contributed by atoms with van der Waals surface area (Å²) >= 11 is 1.67. The van der Waals surface area contributed by atoms with Crippen molar-refractivity contribution in [3.8, 4) is 0 Å². The van der Waals surface area contributed by atoms with Gasteiger partial charge >= 0.3 is 0 Å². The minimum atomic E-state index is -0.137. The quantitative estimate of drug-likeness (QED) is 0.936.